The van der Waals surface area contributed by atoms with Gasteiger partial charge in [0.25, 0.3) is 0 Å². The van der Waals surface area contributed by atoms with Crippen molar-refractivity contribution in [2.45, 2.75) is 63.4 Å². The number of piperidine rings is 1. The molecule has 1 saturated heterocycles. The first-order valence-corrected chi connectivity index (χ1v) is 10.3. The van der Waals surface area contributed by atoms with E-state index >= 15 is 0 Å². The van der Waals surface area contributed by atoms with Crippen LogP contribution in [-0.4, -0.2) is 66.2 Å². The molecule has 1 N–H and O–H groups in total. The summed E-state index contributed by atoms with van der Waals surface area (Å²) in [5, 5.41) is 8.74. The van der Waals surface area contributed by atoms with Crippen LogP contribution in [0.5, 0.6) is 0 Å². The Labute approximate surface area is 147 Å². The Morgan fingerprint density at radius 3 is 2.79 bits per heavy atom. The highest BCUT2D eigenvalue weighted by Crippen LogP contribution is 2.34. The number of fused-ring (bicyclic) bond motifs is 1. The van der Waals surface area contributed by atoms with Gasteiger partial charge in [-0.25, -0.2) is 0 Å². The smallest absolute Gasteiger partial charge is 0.0649 e. The molecule has 1 saturated carbocycles. The molecule has 0 bridgehead atoms. The quantitative estimate of drug-likeness (QED) is 0.832. The summed E-state index contributed by atoms with van der Waals surface area (Å²) in [5.74, 6) is 1.35. The Morgan fingerprint density at radius 1 is 1.29 bits per heavy atom. The molecule has 8 unspecified atom stereocenters. The second-order valence-electron chi connectivity index (χ2n) is 7.41. The Kier molecular flexibility index (Phi) is 5.95. The number of aliphatic imine (C=N–C) groups is 1. The predicted octanol–water partition coefficient (Wildman–Crippen LogP) is 1.67. The summed E-state index contributed by atoms with van der Waals surface area (Å²) < 4.78 is 23.9. The maximum atomic E-state index is 12.8. The van der Waals surface area contributed by atoms with E-state index in [2.05, 4.69) is 29.5 Å². The van der Waals surface area contributed by atoms with Crippen LogP contribution in [0.15, 0.2) is 4.99 Å². The van der Waals surface area contributed by atoms with Crippen LogP contribution < -0.4 is 5.32 Å². The summed E-state index contributed by atoms with van der Waals surface area (Å²) >= 11 is 0. The van der Waals surface area contributed by atoms with E-state index < -0.39 is 10.8 Å². The Bertz CT molecular complexity index is 501. The van der Waals surface area contributed by atoms with Crippen LogP contribution in [0.4, 0.5) is 0 Å². The van der Waals surface area contributed by atoms with Crippen molar-refractivity contribution in [2.24, 2.45) is 16.8 Å². The first-order valence-electron chi connectivity index (χ1n) is 8.99. The monoisotopic (exact) mass is 356 g/mol. The fourth-order valence-corrected chi connectivity index (χ4v) is 5.72. The van der Waals surface area contributed by atoms with Crippen molar-refractivity contribution < 1.29 is 13.7 Å². The average molecular weight is 357 g/mol. The summed E-state index contributed by atoms with van der Waals surface area (Å²) in [5.41, 5.74) is 0. The van der Waals surface area contributed by atoms with Gasteiger partial charge in [0, 0.05) is 48.5 Å². The molecule has 2 heterocycles. The van der Waals surface area contributed by atoms with Crippen molar-refractivity contribution in [3.63, 3.8) is 0 Å². The fourth-order valence-electron chi connectivity index (χ4n) is 4.31. The molecule has 2 fully saturated rings. The highest BCUT2D eigenvalue weighted by atomic mass is 32.2. The van der Waals surface area contributed by atoms with E-state index in [4.69, 9.17) is 9.47 Å². The van der Waals surface area contributed by atoms with Crippen molar-refractivity contribution in [1.29, 1.82) is 0 Å². The maximum absolute atomic E-state index is 12.8. The standard InChI is InChI=1S/C17H30N3O3S/c1-10-8-18-15(11(2)16(10)23-4)9-24(21)17-19-13-6-5-12(22-3)7-14(13)20-17/h10-16,18H,5-9H2,1-4H3/q-1. The first kappa shape index (κ1) is 18.3. The molecule has 0 aromatic heterocycles. The maximum Gasteiger partial charge on any atom is 0.0649 e. The summed E-state index contributed by atoms with van der Waals surface area (Å²) in [7, 11) is 2.37. The van der Waals surface area contributed by atoms with Crippen LogP contribution in [0.1, 0.15) is 33.1 Å². The lowest BCUT2D eigenvalue weighted by Gasteiger charge is -2.40. The van der Waals surface area contributed by atoms with Crippen molar-refractivity contribution >= 4 is 16.0 Å². The molecular formula is C17H30N3O3S-. The number of rotatable bonds is 4. The summed E-state index contributed by atoms with van der Waals surface area (Å²) in [6.45, 7) is 5.27. The molecule has 0 aromatic carbocycles. The Balaban J connectivity index is 1.59. The van der Waals surface area contributed by atoms with Gasteiger partial charge in [0.05, 0.1) is 12.2 Å². The molecule has 0 aromatic rings. The second-order valence-corrected chi connectivity index (χ2v) is 8.80. The Hall–Kier alpha value is -0.500. The minimum atomic E-state index is -1.15. The highest BCUT2D eigenvalue weighted by molar-refractivity contribution is 8.01. The fraction of sp³-hybridized carbons (Fsp3) is 0.941. The SMILES string of the molecule is COC1CCC2[N-]C(S(=O)CC3NCC(C)C(OC)C3C)=NC2C1. The predicted molar refractivity (Wildman–Crippen MR) is 96.9 cm³/mol. The third-order valence-electron chi connectivity index (χ3n) is 5.84. The van der Waals surface area contributed by atoms with Crippen LogP contribution >= 0.6 is 0 Å². The van der Waals surface area contributed by atoms with Crippen LogP contribution in [0.3, 0.4) is 0 Å². The minimum Gasteiger partial charge on any atom is -0.455 e. The van der Waals surface area contributed by atoms with E-state index in [1.165, 1.54) is 0 Å². The zero-order valence-corrected chi connectivity index (χ0v) is 15.9. The number of ether oxygens (including phenoxy) is 2. The number of hydrogen-bond acceptors (Lipinski definition) is 5. The van der Waals surface area contributed by atoms with Gasteiger partial charge in [-0.15, -0.1) is 0 Å². The number of nitrogens with one attached hydrogen (secondary N) is 1. The molecule has 7 heteroatoms. The van der Waals surface area contributed by atoms with E-state index in [9.17, 15) is 4.21 Å². The van der Waals surface area contributed by atoms with Gasteiger partial charge in [-0.05, 0) is 43.2 Å². The van der Waals surface area contributed by atoms with Crippen LogP contribution in [0, 0.1) is 11.8 Å². The summed E-state index contributed by atoms with van der Waals surface area (Å²) in [6, 6.07) is 0.546. The largest absolute Gasteiger partial charge is 0.455 e. The van der Waals surface area contributed by atoms with Gasteiger partial charge < -0.3 is 25.1 Å². The average Bonchev–Trinajstić information content (AvgIpc) is 3.01. The van der Waals surface area contributed by atoms with E-state index in [-0.39, 0.29) is 30.3 Å². The van der Waals surface area contributed by atoms with Crippen molar-refractivity contribution in [2.75, 3.05) is 26.5 Å². The number of amidine groups is 1. The zero-order valence-electron chi connectivity index (χ0n) is 15.1. The lowest BCUT2D eigenvalue weighted by Crippen LogP contribution is -2.54. The zero-order chi connectivity index (χ0) is 17.3. The lowest BCUT2D eigenvalue weighted by atomic mass is 9.84. The van der Waals surface area contributed by atoms with Gasteiger partial charge in [-0.2, -0.15) is 0 Å². The van der Waals surface area contributed by atoms with Gasteiger partial charge >= 0.3 is 0 Å². The van der Waals surface area contributed by atoms with E-state index in [1.54, 1.807) is 14.2 Å². The van der Waals surface area contributed by atoms with Gasteiger partial charge in [0.15, 0.2) is 0 Å². The lowest BCUT2D eigenvalue weighted by molar-refractivity contribution is -0.0136. The Morgan fingerprint density at radius 2 is 2.08 bits per heavy atom. The van der Waals surface area contributed by atoms with Crippen LogP contribution in [0.2, 0.25) is 0 Å². The molecule has 8 atom stereocenters. The van der Waals surface area contributed by atoms with E-state index in [1.807, 2.05) is 0 Å². The van der Waals surface area contributed by atoms with Crippen molar-refractivity contribution in [3.8, 4) is 0 Å². The molecule has 0 amide bonds. The molecule has 24 heavy (non-hydrogen) atoms. The molecule has 1 aliphatic carbocycles. The van der Waals surface area contributed by atoms with Crippen LogP contribution in [-0.2, 0) is 20.3 Å². The molecule has 138 valence electrons. The van der Waals surface area contributed by atoms with Gasteiger partial charge in [0.1, 0.15) is 0 Å². The molecule has 3 aliphatic rings. The number of methoxy groups -OCH3 is 2. The minimum absolute atomic E-state index is 0.158. The molecular weight excluding hydrogens is 326 g/mol. The van der Waals surface area contributed by atoms with Gasteiger partial charge in [-0.3, -0.25) is 4.21 Å². The van der Waals surface area contributed by atoms with Crippen molar-refractivity contribution in [3.05, 3.63) is 5.32 Å². The summed E-state index contributed by atoms with van der Waals surface area (Å²) in [4.78, 5) is 4.66. The molecule has 2 aliphatic heterocycles. The molecule has 0 spiro atoms. The second kappa shape index (κ2) is 7.81. The van der Waals surface area contributed by atoms with Crippen molar-refractivity contribution in [1.82, 2.24) is 5.32 Å². The molecule has 3 rings (SSSR count). The molecule has 6 nitrogen and oxygen atoms in total. The third-order valence-corrected chi connectivity index (χ3v) is 7.12. The van der Waals surface area contributed by atoms with Gasteiger partial charge in [0.2, 0.25) is 0 Å². The van der Waals surface area contributed by atoms with E-state index in [0.717, 1.165) is 25.8 Å². The first-order chi connectivity index (χ1) is 11.5. The topological polar surface area (TPSA) is 74.0 Å². The number of nitrogens with zero attached hydrogens (tertiary/aromatic N) is 2. The normalized spacial score (nSPS) is 43.7. The van der Waals surface area contributed by atoms with Crippen LogP contribution in [0.25, 0.3) is 5.32 Å². The third kappa shape index (κ3) is 3.69. The summed E-state index contributed by atoms with van der Waals surface area (Å²) in [6.07, 6.45) is 3.37. The van der Waals surface area contributed by atoms with E-state index in [0.29, 0.717) is 22.8 Å². The number of hydrogen-bond donors (Lipinski definition) is 1. The molecule has 0 radical (unpaired) electrons. The van der Waals surface area contributed by atoms with Gasteiger partial charge in [-0.1, -0.05) is 13.8 Å². The highest BCUT2D eigenvalue weighted by Gasteiger charge is 2.36.